The van der Waals surface area contributed by atoms with Crippen molar-refractivity contribution < 1.29 is 5.11 Å². The summed E-state index contributed by atoms with van der Waals surface area (Å²) in [7, 11) is 0. The van der Waals surface area contributed by atoms with Gasteiger partial charge in [0, 0.05) is 18.6 Å². The molecule has 3 N–H and O–H groups in total. The quantitative estimate of drug-likeness (QED) is 0.612. The van der Waals surface area contributed by atoms with Crippen LogP contribution in [0, 0.1) is 5.92 Å². The minimum atomic E-state index is -0.107. The lowest BCUT2D eigenvalue weighted by atomic mass is 10.1. The minimum Gasteiger partial charge on any atom is -0.392 e. The van der Waals surface area contributed by atoms with Crippen LogP contribution >= 0.6 is 0 Å². The normalized spacial score (nSPS) is 30.4. The van der Waals surface area contributed by atoms with E-state index in [2.05, 4.69) is 17.6 Å². The van der Waals surface area contributed by atoms with Gasteiger partial charge in [0.1, 0.15) is 0 Å². The number of nitrogens with one attached hydrogen (secondary N) is 2. The van der Waals surface area contributed by atoms with Gasteiger partial charge in [-0.1, -0.05) is 0 Å². The molecule has 2 aliphatic rings. The molecule has 1 heterocycles. The number of hydrogen-bond donors (Lipinski definition) is 3. The topological polar surface area (TPSA) is 44.3 Å². The zero-order valence-electron chi connectivity index (χ0n) is 9.71. The molecule has 3 heteroatoms. The van der Waals surface area contributed by atoms with Gasteiger partial charge in [0.25, 0.3) is 0 Å². The highest BCUT2D eigenvalue weighted by Crippen LogP contribution is 2.32. The van der Waals surface area contributed by atoms with Crippen LogP contribution in [0.5, 0.6) is 0 Å². The van der Waals surface area contributed by atoms with E-state index in [0.717, 1.165) is 6.54 Å². The number of aliphatic hydroxyl groups excluding tert-OH is 1. The van der Waals surface area contributed by atoms with Crippen molar-refractivity contribution in [3.8, 4) is 0 Å². The predicted octanol–water partition coefficient (Wildman–Crippen LogP) is 0.877. The van der Waals surface area contributed by atoms with E-state index in [1.165, 1.54) is 38.6 Å². The lowest BCUT2D eigenvalue weighted by molar-refractivity contribution is 0.144. The molecule has 3 nitrogen and oxygen atoms in total. The van der Waals surface area contributed by atoms with Crippen LogP contribution in [0.1, 0.15) is 39.0 Å². The molecule has 0 aromatic heterocycles. The number of rotatable bonds is 6. The van der Waals surface area contributed by atoms with Crippen LogP contribution in [0.3, 0.4) is 0 Å². The Hall–Kier alpha value is -0.120. The van der Waals surface area contributed by atoms with Crippen molar-refractivity contribution in [1.29, 1.82) is 0 Å². The van der Waals surface area contributed by atoms with Crippen molar-refractivity contribution in [3.63, 3.8) is 0 Å². The van der Waals surface area contributed by atoms with Crippen LogP contribution in [0.2, 0.25) is 0 Å². The summed E-state index contributed by atoms with van der Waals surface area (Å²) in [5, 5.41) is 16.7. The third kappa shape index (κ3) is 3.74. The highest BCUT2D eigenvalue weighted by molar-refractivity contribution is 4.84. The Morgan fingerprint density at radius 1 is 1.40 bits per heavy atom. The van der Waals surface area contributed by atoms with Crippen LogP contribution < -0.4 is 10.6 Å². The van der Waals surface area contributed by atoms with E-state index in [9.17, 15) is 5.11 Å². The van der Waals surface area contributed by atoms with Gasteiger partial charge in [-0.3, -0.25) is 0 Å². The molecule has 1 saturated heterocycles. The number of aliphatic hydroxyl groups is 1. The maximum atomic E-state index is 9.72. The lowest BCUT2D eigenvalue weighted by Gasteiger charge is -2.20. The van der Waals surface area contributed by atoms with Crippen LogP contribution in [-0.4, -0.2) is 36.4 Å². The molecule has 0 amide bonds. The van der Waals surface area contributed by atoms with Crippen molar-refractivity contribution in [3.05, 3.63) is 0 Å². The van der Waals surface area contributed by atoms with Crippen LogP contribution in [-0.2, 0) is 0 Å². The zero-order valence-corrected chi connectivity index (χ0v) is 9.71. The smallest absolute Gasteiger partial charge is 0.0692 e. The third-order valence-electron chi connectivity index (χ3n) is 3.64. The van der Waals surface area contributed by atoms with Gasteiger partial charge in [-0.25, -0.2) is 0 Å². The first kappa shape index (κ1) is 11.4. The Bertz CT molecular complexity index is 188. The van der Waals surface area contributed by atoms with E-state index in [0.29, 0.717) is 18.0 Å². The molecule has 3 atom stereocenters. The predicted molar refractivity (Wildman–Crippen MR) is 61.8 cm³/mol. The Kier molecular flexibility index (Phi) is 4.00. The van der Waals surface area contributed by atoms with E-state index in [-0.39, 0.29) is 6.10 Å². The van der Waals surface area contributed by atoms with Gasteiger partial charge in [0.2, 0.25) is 0 Å². The molecular weight excluding hydrogens is 188 g/mol. The van der Waals surface area contributed by atoms with E-state index in [4.69, 9.17) is 0 Å². The Balaban J connectivity index is 1.56. The molecule has 2 fully saturated rings. The first-order chi connectivity index (χ1) is 7.25. The third-order valence-corrected chi connectivity index (χ3v) is 3.64. The monoisotopic (exact) mass is 212 g/mol. The van der Waals surface area contributed by atoms with Crippen molar-refractivity contribution >= 4 is 0 Å². The summed E-state index contributed by atoms with van der Waals surface area (Å²) in [5.41, 5.74) is 0. The van der Waals surface area contributed by atoms with Crippen LogP contribution in [0.25, 0.3) is 0 Å². The van der Waals surface area contributed by atoms with E-state index in [1.807, 2.05) is 0 Å². The van der Waals surface area contributed by atoms with Crippen molar-refractivity contribution in [1.82, 2.24) is 10.6 Å². The molecule has 88 valence electrons. The maximum absolute atomic E-state index is 9.72. The molecule has 15 heavy (non-hydrogen) atoms. The highest BCUT2D eigenvalue weighted by atomic mass is 16.3. The van der Waals surface area contributed by atoms with Crippen LogP contribution in [0.15, 0.2) is 0 Å². The van der Waals surface area contributed by atoms with Crippen LogP contribution in [0.4, 0.5) is 0 Å². The van der Waals surface area contributed by atoms with E-state index >= 15 is 0 Å². The van der Waals surface area contributed by atoms with Gasteiger partial charge in [0.05, 0.1) is 6.10 Å². The van der Waals surface area contributed by atoms with E-state index in [1.54, 1.807) is 0 Å². The molecule has 0 spiro atoms. The molecule has 1 aliphatic heterocycles. The largest absolute Gasteiger partial charge is 0.392 e. The second-order valence-corrected chi connectivity index (χ2v) is 5.24. The molecule has 0 radical (unpaired) electrons. The second-order valence-electron chi connectivity index (χ2n) is 5.24. The molecule has 2 rings (SSSR count). The summed E-state index contributed by atoms with van der Waals surface area (Å²) >= 11 is 0. The molecule has 3 unspecified atom stereocenters. The first-order valence-corrected chi connectivity index (χ1v) is 6.40. The van der Waals surface area contributed by atoms with Gasteiger partial charge in [-0.05, 0) is 51.5 Å². The Morgan fingerprint density at radius 2 is 2.20 bits per heavy atom. The Morgan fingerprint density at radius 3 is 2.80 bits per heavy atom. The SMILES string of the molecule is CC(CC1CCCN1)NCC(O)C1CC1. The molecule has 1 aliphatic carbocycles. The Labute approximate surface area is 92.6 Å². The fourth-order valence-corrected chi connectivity index (χ4v) is 2.44. The zero-order chi connectivity index (χ0) is 10.7. The summed E-state index contributed by atoms with van der Waals surface area (Å²) in [6.07, 6.45) is 6.17. The highest BCUT2D eigenvalue weighted by Gasteiger charge is 2.29. The summed E-state index contributed by atoms with van der Waals surface area (Å²) < 4.78 is 0. The van der Waals surface area contributed by atoms with Crippen molar-refractivity contribution in [2.75, 3.05) is 13.1 Å². The molecule has 0 aromatic carbocycles. The van der Waals surface area contributed by atoms with Gasteiger partial charge in [-0.15, -0.1) is 0 Å². The fourth-order valence-electron chi connectivity index (χ4n) is 2.44. The van der Waals surface area contributed by atoms with Gasteiger partial charge in [-0.2, -0.15) is 0 Å². The van der Waals surface area contributed by atoms with Gasteiger partial charge in [0.15, 0.2) is 0 Å². The summed E-state index contributed by atoms with van der Waals surface area (Å²) in [5.74, 6) is 0.592. The first-order valence-electron chi connectivity index (χ1n) is 6.40. The summed E-state index contributed by atoms with van der Waals surface area (Å²) in [4.78, 5) is 0. The summed E-state index contributed by atoms with van der Waals surface area (Å²) in [6, 6.07) is 1.22. The average Bonchev–Trinajstić information content (AvgIpc) is 2.95. The standard InChI is InChI=1S/C12H24N2O/c1-9(7-11-3-2-6-13-11)14-8-12(15)10-4-5-10/h9-15H,2-8H2,1H3. The average molecular weight is 212 g/mol. The van der Waals surface area contributed by atoms with E-state index < -0.39 is 0 Å². The summed E-state index contributed by atoms with van der Waals surface area (Å²) in [6.45, 7) is 4.18. The molecular formula is C12H24N2O. The van der Waals surface area contributed by atoms with Gasteiger partial charge < -0.3 is 15.7 Å². The molecule has 0 aromatic rings. The second kappa shape index (κ2) is 5.28. The fraction of sp³-hybridized carbons (Fsp3) is 1.00. The van der Waals surface area contributed by atoms with Crippen molar-refractivity contribution in [2.24, 2.45) is 5.92 Å². The van der Waals surface area contributed by atoms with Crippen molar-refractivity contribution in [2.45, 2.75) is 57.2 Å². The number of hydrogen-bond acceptors (Lipinski definition) is 3. The molecule has 0 bridgehead atoms. The lowest BCUT2D eigenvalue weighted by Crippen LogP contribution is -2.38. The molecule has 1 saturated carbocycles. The minimum absolute atomic E-state index is 0.107. The maximum Gasteiger partial charge on any atom is 0.0692 e. The van der Waals surface area contributed by atoms with Gasteiger partial charge >= 0.3 is 0 Å².